The van der Waals surface area contributed by atoms with E-state index in [1.165, 1.54) is 17.4 Å². The lowest BCUT2D eigenvalue weighted by molar-refractivity contribution is -0.176. The molecule has 2 aliphatic heterocycles. The Labute approximate surface area is 363 Å². The minimum atomic E-state index is -2.37. The molecule has 61 heavy (non-hydrogen) atoms. The number of likely N-dealkylation sites (tertiary alicyclic amines) is 1. The molecule has 0 bridgehead atoms. The molecule has 13 nitrogen and oxygen atoms in total. The fourth-order valence-electron chi connectivity index (χ4n) is 7.47. The van der Waals surface area contributed by atoms with Crippen LogP contribution in [0.4, 0.5) is 13.9 Å². The lowest BCUT2D eigenvalue weighted by atomic mass is 9.81. The molecule has 4 N–H and O–H groups in total. The number of β-amino-alcohol motifs (C(OH)–C–C–N with tert-alkyl or cyclic N) is 1. The van der Waals surface area contributed by atoms with Gasteiger partial charge < -0.3 is 40.1 Å². The first kappa shape index (κ1) is 46.0. The van der Waals surface area contributed by atoms with E-state index in [4.69, 9.17) is 9.47 Å². The van der Waals surface area contributed by atoms with Crippen LogP contribution in [0.2, 0.25) is 0 Å². The number of nitrogens with zero attached hydrogens (tertiary/aromatic N) is 4. The van der Waals surface area contributed by atoms with E-state index in [1.54, 1.807) is 43.0 Å². The van der Waals surface area contributed by atoms with Crippen molar-refractivity contribution in [3.63, 3.8) is 0 Å². The summed E-state index contributed by atoms with van der Waals surface area (Å²) in [7, 11) is 0. The van der Waals surface area contributed by atoms with Crippen molar-refractivity contribution in [3.8, 4) is 27.4 Å². The maximum atomic E-state index is 15.0. The number of anilines is 1. The summed E-state index contributed by atoms with van der Waals surface area (Å²) in [5.41, 5.74) is 1.95. The van der Waals surface area contributed by atoms with Crippen LogP contribution >= 0.6 is 22.7 Å². The van der Waals surface area contributed by atoms with Gasteiger partial charge in [0.1, 0.15) is 6.04 Å². The lowest BCUT2D eigenvalue weighted by Crippen LogP contribution is -2.67. The molecular weight excluding hydrogens is 827 g/mol. The van der Waals surface area contributed by atoms with Crippen LogP contribution in [0.25, 0.3) is 21.7 Å². The molecule has 330 valence electrons. The van der Waals surface area contributed by atoms with Crippen LogP contribution in [0.1, 0.15) is 89.9 Å². The SMILES string of the molecule is Cc1ncsc1-c1ccc([C@H](C)NC(=O)[C@@H]2C[C@@H](O)CN2C(=O)C(O)(NC(=O)CCCCCCCOc2c(-c3csc(N4CCOCC4)n3)ccc(F)c2F)C(C)(C)C)cc1. The molecule has 1 unspecified atom stereocenters. The van der Waals surface area contributed by atoms with Crippen molar-refractivity contribution >= 4 is 45.5 Å². The van der Waals surface area contributed by atoms with Crippen molar-refractivity contribution in [2.24, 2.45) is 5.41 Å². The van der Waals surface area contributed by atoms with Crippen molar-refractivity contribution < 1.29 is 42.9 Å². The van der Waals surface area contributed by atoms with Gasteiger partial charge in [-0.3, -0.25) is 14.4 Å². The molecule has 4 aromatic rings. The Morgan fingerprint density at radius 3 is 2.41 bits per heavy atom. The van der Waals surface area contributed by atoms with Gasteiger partial charge in [0.15, 0.2) is 16.7 Å². The molecule has 6 rings (SSSR count). The van der Waals surface area contributed by atoms with Crippen LogP contribution in [-0.4, -0.2) is 100 Å². The maximum absolute atomic E-state index is 15.0. The molecular formula is C44H56F2N6O7S2. The van der Waals surface area contributed by atoms with Gasteiger partial charge in [0.2, 0.25) is 23.4 Å². The number of rotatable bonds is 17. The van der Waals surface area contributed by atoms with Crippen molar-refractivity contribution in [1.82, 2.24) is 25.5 Å². The van der Waals surface area contributed by atoms with E-state index in [2.05, 4.69) is 25.5 Å². The number of halogens is 2. The second-order valence-corrected chi connectivity index (χ2v) is 18.4. The van der Waals surface area contributed by atoms with Gasteiger partial charge in [-0.1, -0.05) is 64.3 Å². The third kappa shape index (κ3) is 10.9. The van der Waals surface area contributed by atoms with Gasteiger partial charge >= 0.3 is 0 Å². The Hall–Kier alpha value is -4.55. The predicted molar refractivity (Wildman–Crippen MR) is 231 cm³/mol. The summed E-state index contributed by atoms with van der Waals surface area (Å²) in [5, 5.41) is 30.6. The molecule has 4 atom stereocenters. The number of amides is 3. The molecule has 17 heteroatoms. The number of benzene rings is 2. The van der Waals surface area contributed by atoms with Gasteiger partial charge in [-0.2, -0.15) is 4.39 Å². The Kier molecular flexibility index (Phi) is 15.1. The molecule has 2 saturated heterocycles. The maximum Gasteiger partial charge on any atom is 0.277 e. The topological polar surface area (TPSA) is 166 Å². The molecule has 0 aliphatic carbocycles. The zero-order chi connectivity index (χ0) is 43.9. The summed E-state index contributed by atoms with van der Waals surface area (Å²) in [6.45, 7) is 11.2. The van der Waals surface area contributed by atoms with E-state index < -0.39 is 58.7 Å². The first-order valence-corrected chi connectivity index (χ1v) is 22.6. The number of unbranched alkanes of at least 4 members (excludes halogenated alkanes) is 4. The molecule has 0 spiro atoms. The summed E-state index contributed by atoms with van der Waals surface area (Å²) >= 11 is 2.98. The molecule has 0 saturated carbocycles. The third-order valence-corrected chi connectivity index (χ3v) is 13.1. The van der Waals surface area contributed by atoms with E-state index in [9.17, 15) is 33.4 Å². The Bertz CT molecular complexity index is 2140. The average molecular weight is 883 g/mol. The number of carbonyl (C=O) groups is 3. The van der Waals surface area contributed by atoms with Crippen LogP contribution in [0.15, 0.2) is 47.3 Å². The van der Waals surface area contributed by atoms with E-state index in [1.807, 2.05) is 38.1 Å². The highest BCUT2D eigenvalue weighted by Crippen LogP contribution is 2.37. The minimum absolute atomic E-state index is 0.0204. The highest BCUT2D eigenvalue weighted by atomic mass is 32.1. The summed E-state index contributed by atoms with van der Waals surface area (Å²) in [5.74, 6) is -4.12. The normalized spacial score (nSPS) is 18.4. The van der Waals surface area contributed by atoms with E-state index in [0.29, 0.717) is 63.2 Å². The number of ether oxygens (including phenoxy) is 2. The van der Waals surface area contributed by atoms with Crippen molar-refractivity contribution in [2.75, 3.05) is 44.4 Å². The summed E-state index contributed by atoms with van der Waals surface area (Å²) < 4.78 is 40.4. The summed E-state index contributed by atoms with van der Waals surface area (Å²) in [6, 6.07) is 8.85. The molecule has 2 aromatic carbocycles. The zero-order valence-electron chi connectivity index (χ0n) is 35.3. The van der Waals surface area contributed by atoms with Gasteiger partial charge in [-0.15, -0.1) is 22.7 Å². The van der Waals surface area contributed by atoms with Crippen LogP contribution < -0.4 is 20.3 Å². The van der Waals surface area contributed by atoms with Crippen LogP contribution in [0.3, 0.4) is 0 Å². The third-order valence-electron chi connectivity index (χ3n) is 11.2. The number of aromatic nitrogens is 2. The lowest BCUT2D eigenvalue weighted by Gasteiger charge is -2.42. The van der Waals surface area contributed by atoms with Gasteiger partial charge in [-0.05, 0) is 49.9 Å². The molecule has 2 aromatic heterocycles. The number of morpholine rings is 1. The number of aliphatic hydroxyl groups is 2. The highest BCUT2D eigenvalue weighted by molar-refractivity contribution is 7.14. The Morgan fingerprint density at radius 2 is 1.72 bits per heavy atom. The van der Waals surface area contributed by atoms with Crippen molar-refractivity contribution in [1.29, 1.82) is 0 Å². The number of aliphatic hydroxyl groups excluding tert-OH is 1. The molecule has 2 aliphatic rings. The summed E-state index contributed by atoms with van der Waals surface area (Å²) in [4.78, 5) is 54.3. The van der Waals surface area contributed by atoms with Crippen molar-refractivity contribution in [2.45, 2.75) is 103 Å². The largest absolute Gasteiger partial charge is 0.490 e. The van der Waals surface area contributed by atoms with E-state index in [-0.39, 0.29) is 31.7 Å². The van der Waals surface area contributed by atoms with E-state index in [0.717, 1.165) is 44.2 Å². The monoisotopic (exact) mass is 882 g/mol. The fraction of sp³-hybridized carbons (Fsp3) is 0.523. The number of hydrogen-bond donors (Lipinski definition) is 4. The second-order valence-electron chi connectivity index (χ2n) is 16.7. The minimum Gasteiger partial charge on any atom is -0.490 e. The number of aryl methyl sites for hydroxylation is 1. The van der Waals surface area contributed by atoms with Gasteiger partial charge in [0.05, 0.1) is 53.7 Å². The predicted octanol–water partition coefficient (Wildman–Crippen LogP) is 6.77. The molecule has 0 radical (unpaired) electrons. The fourth-order valence-corrected chi connectivity index (χ4v) is 9.16. The van der Waals surface area contributed by atoms with Crippen LogP contribution in [0.5, 0.6) is 5.75 Å². The Morgan fingerprint density at radius 1 is 1.02 bits per heavy atom. The molecule has 2 fully saturated rings. The second kappa shape index (κ2) is 20.1. The smallest absolute Gasteiger partial charge is 0.277 e. The number of carbonyl (C=O) groups excluding carboxylic acids is 3. The number of nitrogens with one attached hydrogen (secondary N) is 2. The molecule has 4 heterocycles. The number of thiazole rings is 2. The first-order valence-electron chi connectivity index (χ1n) is 20.8. The average Bonchev–Trinajstić information content (AvgIpc) is 4.00. The Balaban J connectivity index is 0.967. The zero-order valence-corrected chi connectivity index (χ0v) is 37.0. The van der Waals surface area contributed by atoms with Crippen LogP contribution in [-0.2, 0) is 19.1 Å². The van der Waals surface area contributed by atoms with Gasteiger partial charge in [0.25, 0.3) is 5.91 Å². The first-order chi connectivity index (χ1) is 29.1. The highest BCUT2D eigenvalue weighted by Gasteiger charge is 2.54. The van der Waals surface area contributed by atoms with E-state index >= 15 is 0 Å². The molecule has 3 amide bonds. The van der Waals surface area contributed by atoms with Crippen molar-refractivity contribution in [3.05, 3.63) is 70.2 Å². The van der Waals surface area contributed by atoms with Gasteiger partial charge in [-0.25, -0.2) is 14.4 Å². The van der Waals surface area contributed by atoms with Gasteiger partial charge in [0, 0.05) is 48.8 Å². The quantitative estimate of drug-likeness (QED) is 0.0657. The summed E-state index contributed by atoms with van der Waals surface area (Å²) in [6.07, 6.45) is 2.13. The number of hydrogen-bond acceptors (Lipinski definition) is 12. The van der Waals surface area contributed by atoms with Crippen LogP contribution in [0, 0.1) is 24.0 Å². The standard InChI is InChI=1S/C44H56F2N6O7S2/c1-27(29-12-14-30(15-13-29)39-28(2)47-26-61-39)48-40(55)35-23-31(53)24-52(35)41(56)44(57,43(3,4)5)50-36(54)11-9-7-6-8-10-20-59-38-32(16-17-33(45)37(38)46)34-25-60-42(49-34)51-18-21-58-22-19-51/h12-17,25-27,31,35,53,57H,6-11,18-24H2,1-5H3,(H,48,55)(H,50,54)/t27-,31+,35-,44?/m0/s1.